The quantitative estimate of drug-likeness (QED) is 0.752. The molecule has 1 atom stereocenters. The van der Waals surface area contributed by atoms with Crippen molar-refractivity contribution in [3.8, 4) is 0 Å². The zero-order valence-corrected chi connectivity index (χ0v) is 12.3. The fraction of sp³-hybridized carbons (Fsp3) is 0.538. The summed E-state index contributed by atoms with van der Waals surface area (Å²) in [4.78, 5) is 0.962. The van der Waals surface area contributed by atoms with Crippen molar-refractivity contribution in [2.45, 2.75) is 41.0 Å². The van der Waals surface area contributed by atoms with Crippen molar-refractivity contribution in [3.05, 3.63) is 23.8 Å². The van der Waals surface area contributed by atoms with Crippen LogP contribution in [0.1, 0.15) is 25.8 Å². The third-order valence-corrected chi connectivity index (χ3v) is 5.30. The third kappa shape index (κ3) is 3.83. The molecule has 1 nitrogen and oxygen atoms in total. The van der Waals surface area contributed by atoms with Crippen molar-refractivity contribution >= 4 is 23.5 Å². The van der Waals surface area contributed by atoms with E-state index in [4.69, 9.17) is 4.74 Å². The van der Waals surface area contributed by atoms with Crippen LogP contribution in [-0.4, -0.2) is 11.4 Å². The average molecular weight is 308 g/mol. The zero-order valence-electron chi connectivity index (χ0n) is 10.7. The number of halogens is 3. The maximum absolute atomic E-state index is 12.9. The van der Waals surface area contributed by atoms with Gasteiger partial charge in [-0.2, -0.15) is 13.2 Å². The maximum atomic E-state index is 12.9. The summed E-state index contributed by atoms with van der Waals surface area (Å²) in [6.45, 7) is 4.77. The van der Waals surface area contributed by atoms with Gasteiger partial charge in [-0.1, -0.05) is 43.4 Å². The number of ether oxygens (including phenoxy) is 1. The lowest BCUT2D eigenvalue weighted by Crippen LogP contribution is -2.07. The molecule has 0 amide bonds. The summed E-state index contributed by atoms with van der Waals surface area (Å²) in [5.74, 6) is 0.532. The standard InChI is InChI=1S/C13H15F3OS2/c1-8(2)6-7-17-12-18-10-5-3-4-9(11(10)19-12)13(14,15)16/h3-5,8,12H,6-7H2,1-2H3. The average Bonchev–Trinajstić information content (AvgIpc) is 2.69. The molecule has 106 valence electrons. The monoisotopic (exact) mass is 308 g/mol. The second kappa shape index (κ2) is 5.97. The van der Waals surface area contributed by atoms with Gasteiger partial charge in [-0.25, -0.2) is 0 Å². The number of alkyl halides is 3. The summed E-state index contributed by atoms with van der Waals surface area (Å²) in [5, 5.41) is 0. The van der Waals surface area contributed by atoms with E-state index in [1.807, 2.05) is 0 Å². The fourth-order valence-electron chi connectivity index (χ4n) is 1.65. The minimum absolute atomic E-state index is 0.266. The van der Waals surface area contributed by atoms with Crippen molar-refractivity contribution in [2.75, 3.05) is 6.61 Å². The van der Waals surface area contributed by atoms with Crippen molar-refractivity contribution in [2.24, 2.45) is 5.92 Å². The van der Waals surface area contributed by atoms with Crippen LogP contribution in [0.4, 0.5) is 13.2 Å². The van der Waals surface area contributed by atoms with Crippen LogP contribution in [0.15, 0.2) is 28.0 Å². The van der Waals surface area contributed by atoms with Gasteiger partial charge < -0.3 is 4.74 Å². The van der Waals surface area contributed by atoms with Crippen LogP contribution in [0.3, 0.4) is 0 Å². The van der Waals surface area contributed by atoms with Crippen LogP contribution in [0.2, 0.25) is 0 Å². The highest BCUT2D eigenvalue weighted by molar-refractivity contribution is 8.19. The normalized spacial score (nSPS) is 18.9. The Bertz CT molecular complexity index is 446. The molecule has 1 aliphatic rings. The Morgan fingerprint density at radius 2 is 2.00 bits per heavy atom. The first-order valence-electron chi connectivity index (χ1n) is 6.03. The molecule has 0 radical (unpaired) electrons. The van der Waals surface area contributed by atoms with Crippen LogP contribution >= 0.6 is 23.5 Å². The predicted molar refractivity (Wildman–Crippen MR) is 72.4 cm³/mol. The van der Waals surface area contributed by atoms with Gasteiger partial charge in [0.1, 0.15) is 0 Å². The molecule has 0 bridgehead atoms. The van der Waals surface area contributed by atoms with E-state index in [1.54, 1.807) is 6.07 Å². The Morgan fingerprint density at radius 1 is 1.26 bits per heavy atom. The number of hydrogen-bond donors (Lipinski definition) is 0. The minimum atomic E-state index is -4.30. The lowest BCUT2D eigenvalue weighted by Gasteiger charge is -2.12. The van der Waals surface area contributed by atoms with E-state index in [0.717, 1.165) is 24.2 Å². The molecule has 0 spiro atoms. The molecule has 0 fully saturated rings. The third-order valence-electron chi connectivity index (χ3n) is 2.67. The van der Waals surface area contributed by atoms with Gasteiger partial charge in [-0.3, -0.25) is 0 Å². The van der Waals surface area contributed by atoms with Gasteiger partial charge in [0, 0.05) is 16.4 Å². The highest BCUT2D eigenvalue weighted by atomic mass is 32.2. The molecular formula is C13H15F3OS2. The lowest BCUT2D eigenvalue weighted by atomic mass is 10.1. The summed E-state index contributed by atoms with van der Waals surface area (Å²) in [6.07, 6.45) is -3.38. The van der Waals surface area contributed by atoms with Crippen LogP contribution in [-0.2, 0) is 10.9 Å². The van der Waals surface area contributed by atoms with E-state index >= 15 is 0 Å². The van der Waals surface area contributed by atoms with Gasteiger partial charge in [0.25, 0.3) is 0 Å². The number of rotatable bonds is 4. The molecule has 19 heavy (non-hydrogen) atoms. The van der Waals surface area contributed by atoms with Crippen molar-refractivity contribution < 1.29 is 17.9 Å². The van der Waals surface area contributed by atoms with Gasteiger partial charge in [0.15, 0.2) is 4.77 Å². The van der Waals surface area contributed by atoms with E-state index in [-0.39, 0.29) is 4.77 Å². The van der Waals surface area contributed by atoms with Crippen molar-refractivity contribution in [3.63, 3.8) is 0 Å². The Kier molecular flexibility index (Phi) is 4.74. The second-order valence-corrected chi connectivity index (χ2v) is 7.18. The van der Waals surface area contributed by atoms with Gasteiger partial charge >= 0.3 is 6.18 Å². The Hall–Kier alpha value is -0.330. The molecule has 0 saturated heterocycles. The van der Waals surface area contributed by atoms with Crippen LogP contribution in [0.5, 0.6) is 0 Å². The van der Waals surface area contributed by atoms with Crippen molar-refractivity contribution in [1.29, 1.82) is 0 Å². The van der Waals surface area contributed by atoms with E-state index in [9.17, 15) is 13.2 Å². The number of benzene rings is 1. The summed E-state index contributed by atoms with van der Waals surface area (Å²) in [5.41, 5.74) is -0.558. The van der Waals surface area contributed by atoms with Gasteiger partial charge in [0.2, 0.25) is 0 Å². The van der Waals surface area contributed by atoms with Gasteiger partial charge in [-0.15, -0.1) is 0 Å². The highest BCUT2D eigenvalue weighted by Crippen LogP contribution is 2.52. The Labute approximate surface area is 119 Å². The van der Waals surface area contributed by atoms with E-state index < -0.39 is 11.7 Å². The SMILES string of the molecule is CC(C)CCOC1Sc2cccc(C(F)(F)F)c2S1. The molecule has 0 aliphatic carbocycles. The van der Waals surface area contributed by atoms with Gasteiger partial charge in [0.05, 0.1) is 5.56 Å². The van der Waals surface area contributed by atoms with Crippen LogP contribution < -0.4 is 0 Å². The van der Waals surface area contributed by atoms with Gasteiger partial charge in [-0.05, 0) is 24.5 Å². The molecule has 0 saturated carbocycles. The number of fused-ring (bicyclic) bond motifs is 1. The van der Waals surface area contributed by atoms with Crippen LogP contribution in [0, 0.1) is 5.92 Å². The van der Waals surface area contributed by atoms with Crippen LogP contribution in [0.25, 0.3) is 0 Å². The van der Waals surface area contributed by atoms with Crippen molar-refractivity contribution in [1.82, 2.24) is 0 Å². The molecule has 1 aromatic rings. The molecule has 1 aliphatic heterocycles. The summed E-state index contributed by atoms with van der Waals surface area (Å²) in [7, 11) is 0. The molecule has 2 rings (SSSR count). The lowest BCUT2D eigenvalue weighted by molar-refractivity contribution is -0.140. The molecule has 6 heteroatoms. The Morgan fingerprint density at radius 3 is 2.63 bits per heavy atom. The first-order chi connectivity index (χ1) is 8.88. The summed E-state index contributed by atoms with van der Waals surface area (Å²) < 4.78 is 44.0. The molecular weight excluding hydrogens is 293 g/mol. The minimum Gasteiger partial charge on any atom is -0.357 e. The fourth-order valence-corrected chi connectivity index (χ4v) is 4.32. The topological polar surface area (TPSA) is 9.23 Å². The smallest absolute Gasteiger partial charge is 0.357 e. The summed E-state index contributed by atoms with van der Waals surface area (Å²) in [6, 6.07) is 4.29. The Balaban J connectivity index is 2.04. The predicted octanol–water partition coefficient (Wildman–Crippen LogP) is 5.25. The molecule has 1 heterocycles. The molecule has 0 N–H and O–H groups in total. The first-order valence-corrected chi connectivity index (χ1v) is 7.79. The van der Waals surface area contributed by atoms with E-state index in [0.29, 0.717) is 22.3 Å². The van der Waals surface area contributed by atoms with E-state index in [2.05, 4.69) is 13.8 Å². The molecule has 0 aromatic heterocycles. The van der Waals surface area contributed by atoms with E-state index in [1.165, 1.54) is 17.8 Å². The highest BCUT2D eigenvalue weighted by Gasteiger charge is 2.38. The molecule has 1 unspecified atom stereocenters. The second-order valence-electron chi connectivity index (χ2n) is 4.71. The first kappa shape index (κ1) is 15.1. The summed E-state index contributed by atoms with van der Waals surface area (Å²) >= 11 is 2.52. The maximum Gasteiger partial charge on any atom is 0.417 e. The zero-order chi connectivity index (χ0) is 14.0. The number of thioether (sulfide) groups is 2. The molecule has 1 aromatic carbocycles. The largest absolute Gasteiger partial charge is 0.417 e. The number of hydrogen-bond acceptors (Lipinski definition) is 3.